The molecule has 0 unspecified atom stereocenters. The van der Waals surface area contributed by atoms with Crippen molar-refractivity contribution >= 4 is 12.0 Å². The smallest absolute Gasteiger partial charge is 0.410 e. The van der Waals surface area contributed by atoms with E-state index in [4.69, 9.17) is 4.74 Å². The summed E-state index contributed by atoms with van der Waals surface area (Å²) >= 11 is 0. The molecule has 0 aromatic carbocycles. The molecule has 1 saturated heterocycles. The summed E-state index contributed by atoms with van der Waals surface area (Å²) in [4.78, 5) is 32.5. The number of piperidine rings is 1. The minimum absolute atomic E-state index is 0.0441. The maximum atomic E-state index is 12.8. The van der Waals surface area contributed by atoms with Crippen molar-refractivity contribution in [3.05, 3.63) is 30.1 Å². The molecule has 6 heteroatoms. The van der Waals surface area contributed by atoms with Crippen molar-refractivity contribution < 1.29 is 14.3 Å². The van der Waals surface area contributed by atoms with Crippen LogP contribution in [0.15, 0.2) is 24.5 Å². The van der Waals surface area contributed by atoms with Crippen molar-refractivity contribution in [1.82, 2.24) is 14.8 Å². The number of hydrogen-bond acceptors (Lipinski definition) is 4. The third kappa shape index (κ3) is 4.94. The predicted octanol–water partition coefficient (Wildman–Crippen LogP) is 2.83. The molecule has 1 atom stereocenters. The van der Waals surface area contributed by atoms with Crippen LogP contribution in [0, 0.1) is 0 Å². The maximum absolute atomic E-state index is 12.8. The minimum Gasteiger partial charge on any atom is -0.444 e. The first-order valence-corrected chi connectivity index (χ1v) is 8.41. The number of rotatable bonds is 3. The van der Waals surface area contributed by atoms with Gasteiger partial charge in [0, 0.05) is 32.5 Å². The molecule has 1 aromatic rings. The molecule has 0 bridgehead atoms. The molecular weight excluding hydrogens is 306 g/mol. The third-order valence-electron chi connectivity index (χ3n) is 3.96. The van der Waals surface area contributed by atoms with Crippen molar-refractivity contribution in [2.75, 3.05) is 13.6 Å². The molecule has 1 fully saturated rings. The molecule has 2 heterocycles. The highest BCUT2D eigenvalue weighted by atomic mass is 16.6. The van der Waals surface area contributed by atoms with Crippen molar-refractivity contribution in [3.63, 3.8) is 0 Å². The van der Waals surface area contributed by atoms with E-state index >= 15 is 0 Å². The standard InChI is InChI=1S/C18H27N3O3/c1-18(2,3)24-17(23)21-12-6-5-7-15(21)16(22)20(4)13-14-8-10-19-11-9-14/h8-11,15H,5-7,12-13H2,1-4H3/t15-/m1/s1. The lowest BCUT2D eigenvalue weighted by molar-refractivity contribution is -0.137. The first-order valence-electron chi connectivity index (χ1n) is 8.41. The van der Waals surface area contributed by atoms with E-state index in [1.54, 1.807) is 29.2 Å². The molecule has 132 valence electrons. The summed E-state index contributed by atoms with van der Waals surface area (Å²) < 4.78 is 5.46. The number of pyridine rings is 1. The number of amides is 2. The Morgan fingerprint density at radius 1 is 1.29 bits per heavy atom. The second kappa shape index (κ2) is 7.64. The summed E-state index contributed by atoms with van der Waals surface area (Å²) in [6.07, 6.45) is 5.54. The average molecular weight is 333 g/mol. The Bertz CT molecular complexity index is 569. The van der Waals surface area contributed by atoms with Gasteiger partial charge in [-0.1, -0.05) is 0 Å². The van der Waals surface area contributed by atoms with E-state index in [-0.39, 0.29) is 5.91 Å². The van der Waals surface area contributed by atoms with Crippen LogP contribution in [0.3, 0.4) is 0 Å². The lowest BCUT2D eigenvalue weighted by Crippen LogP contribution is -2.53. The number of likely N-dealkylation sites (N-methyl/N-ethyl adjacent to an activating group) is 1. The fraction of sp³-hybridized carbons (Fsp3) is 0.611. The quantitative estimate of drug-likeness (QED) is 0.853. The zero-order valence-electron chi connectivity index (χ0n) is 15.0. The summed E-state index contributed by atoms with van der Waals surface area (Å²) in [7, 11) is 1.77. The van der Waals surface area contributed by atoms with Gasteiger partial charge in [0.2, 0.25) is 5.91 Å². The van der Waals surface area contributed by atoms with Gasteiger partial charge in [-0.2, -0.15) is 0 Å². The zero-order chi connectivity index (χ0) is 17.7. The van der Waals surface area contributed by atoms with E-state index in [1.165, 1.54) is 0 Å². The first-order chi connectivity index (χ1) is 11.3. The molecule has 0 spiro atoms. The highest BCUT2D eigenvalue weighted by molar-refractivity contribution is 5.85. The Morgan fingerprint density at radius 3 is 2.58 bits per heavy atom. The van der Waals surface area contributed by atoms with Crippen molar-refractivity contribution in [3.8, 4) is 0 Å². The molecule has 6 nitrogen and oxygen atoms in total. The molecule has 1 aromatic heterocycles. The Labute approximate surface area is 143 Å². The van der Waals surface area contributed by atoms with Crippen LogP contribution in [-0.2, 0) is 16.1 Å². The van der Waals surface area contributed by atoms with E-state index < -0.39 is 17.7 Å². The zero-order valence-corrected chi connectivity index (χ0v) is 15.0. The SMILES string of the molecule is CN(Cc1ccncc1)C(=O)[C@H]1CCCCN1C(=O)OC(C)(C)C. The molecule has 2 amide bonds. The van der Waals surface area contributed by atoms with Crippen LogP contribution >= 0.6 is 0 Å². The van der Waals surface area contributed by atoms with Crippen molar-refractivity contribution in [1.29, 1.82) is 0 Å². The molecular formula is C18H27N3O3. The van der Waals surface area contributed by atoms with Gasteiger partial charge in [0.15, 0.2) is 0 Å². The van der Waals surface area contributed by atoms with Gasteiger partial charge >= 0.3 is 6.09 Å². The number of carbonyl (C=O) groups is 2. The maximum Gasteiger partial charge on any atom is 0.410 e. The summed E-state index contributed by atoms with van der Waals surface area (Å²) in [5, 5.41) is 0. The van der Waals surface area contributed by atoms with Crippen LogP contribution in [0.5, 0.6) is 0 Å². The van der Waals surface area contributed by atoms with Crippen molar-refractivity contribution in [2.24, 2.45) is 0 Å². The van der Waals surface area contributed by atoms with Crippen molar-refractivity contribution in [2.45, 2.75) is 58.2 Å². The normalized spacial score (nSPS) is 18.2. The fourth-order valence-corrected chi connectivity index (χ4v) is 2.82. The molecule has 0 saturated carbocycles. The predicted molar refractivity (Wildman–Crippen MR) is 91.3 cm³/mol. The average Bonchev–Trinajstić information content (AvgIpc) is 2.53. The highest BCUT2D eigenvalue weighted by Crippen LogP contribution is 2.22. The first kappa shape index (κ1) is 18.2. The number of likely N-dealkylation sites (tertiary alicyclic amines) is 1. The van der Waals surface area contributed by atoms with Gasteiger partial charge in [-0.05, 0) is 57.7 Å². The van der Waals surface area contributed by atoms with Crippen LogP contribution < -0.4 is 0 Å². The van der Waals surface area contributed by atoms with Crippen LogP contribution in [0.2, 0.25) is 0 Å². The van der Waals surface area contributed by atoms with Gasteiger partial charge in [0.1, 0.15) is 11.6 Å². The molecule has 0 aliphatic carbocycles. The van der Waals surface area contributed by atoms with E-state index in [0.29, 0.717) is 19.5 Å². The fourth-order valence-electron chi connectivity index (χ4n) is 2.82. The van der Waals surface area contributed by atoms with Crippen LogP contribution in [0.25, 0.3) is 0 Å². The second-order valence-corrected chi connectivity index (χ2v) is 7.24. The topological polar surface area (TPSA) is 62.7 Å². The Balaban J connectivity index is 2.05. The van der Waals surface area contributed by atoms with E-state index in [9.17, 15) is 9.59 Å². The summed E-state index contributed by atoms with van der Waals surface area (Å²) in [5.74, 6) is -0.0441. The molecule has 0 N–H and O–H groups in total. The molecule has 1 aliphatic rings. The van der Waals surface area contributed by atoms with E-state index in [0.717, 1.165) is 18.4 Å². The molecule has 2 rings (SSSR count). The second-order valence-electron chi connectivity index (χ2n) is 7.24. The van der Waals surface area contributed by atoms with Crippen LogP contribution in [0.4, 0.5) is 4.79 Å². The molecule has 1 aliphatic heterocycles. The molecule has 24 heavy (non-hydrogen) atoms. The lowest BCUT2D eigenvalue weighted by Gasteiger charge is -2.37. The Morgan fingerprint density at radius 2 is 1.96 bits per heavy atom. The lowest BCUT2D eigenvalue weighted by atomic mass is 10.0. The van der Waals surface area contributed by atoms with Gasteiger partial charge < -0.3 is 9.64 Å². The minimum atomic E-state index is -0.564. The number of ether oxygens (including phenoxy) is 1. The Hall–Kier alpha value is -2.11. The Kier molecular flexibility index (Phi) is 5.80. The van der Waals surface area contributed by atoms with E-state index in [1.807, 2.05) is 32.9 Å². The largest absolute Gasteiger partial charge is 0.444 e. The summed E-state index contributed by atoms with van der Waals surface area (Å²) in [6, 6.07) is 3.33. The molecule has 0 radical (unpaired) electrons. The van der Waals surface area contributed by atoms with Gasteiger partial charge in [0.25, 0.3) is 0 Å². The van der Waals surface area contributed by atoms with E-state index in [2.05, 4.69) is 4.98 Å². The van der Waals surface area contributed by atoms with Gasteiger partial charge in [-0.25, -0.2) is 4.79 Å². The van der Waals surface area contributed by atoms with Gasteiger partial charge in [-0.15, -0.1) is 0 Å². The van der Waals surface area contributed by atoms with Crippen LogP contribution in [-0.4, -0.2) is 52.0 Å². The number of nitrogens with zero attached hydrogens (tertiary/aromatic N) is 3. The van der Waals surface area contributed by atoms with Crippen LogP contribution in [0.1, 0.15) is 45.6 Å². The third-order valence-corrected chi connectivity index (χ3v) is 3.96. The number of carbonyl (C=O) groups excluding carboxylic acids is 2. The van der Waals surface area contributed by atoms with Gasteiger partial charge in [-0.3, -0.25) is 14.7 Å². The monoisotopic (exact) mass is 333 g/mol. The number of hydrogen-bond donors (Lipinski definition) is 0. The highest BCUT2D eigenvalue weighted by Gasteiger charge is 2.36. The summed E-state index contributed by atoms with van der Waals surface area (Å²) in [6.45, 7) is 6.57. The van der Waals surface area contributed by atoms with Gasteiger partial charge in [0.05, 0.1) is 0 Å². The number of aromatic nitrogens is 1. The summed E-state index contributed by atoms with van der Waals surface area (Å²) in [5.41, 5.74) is 0.450.